The predicted molar refractivity (Wildman–Crippen MR) is 124 cm³/mol. The van der Waals surface area contributed by atoms with E-state index >= 15 is 0 Å². The molecule has 0 unspecified atom stereocenters. The summed E-state index contributed by atoms with van der Waals surface area (Å²) in [4.78, 5) is 19.1. The highest BCUT2D eigenvalue weighted by Gasteiger charge is 2.05. The highest BCUT2D eigenvalue weighted by atomic mass is 35.5. The summed E-state index contributed by atoms with van der Waals surface area (Å²) < 4.78 is 5.93. The Bertz CT molecular complexity index is 1260. The number of hydrogen-bond acceptors (Lipinski definition) is 5. The van der Waals surface area contributed by atoms with Gasteiger partial charge in [0.1, 0.15) is 12.4 Å². The fourth-order valence-corrected chi connectivity index (χ4v) is 3.11. The number of nitrogens with one attached hydrogen (secondary N) is 2. The van der Waals surface area contributed by atoms with Crippen LogP contribution in [-0.4, -0.2) is 16.2 Å². The van der Waals surface area contributed by atoms with E-state index in [-0.39, 0.29) is 11.5 Å². The Balaban J connectivity index is 1.48. The number of hydrogen-bond donors (Lipinski definition) is 2. The molecule has 0 aliphatic rings. The maximum Gasteiger partial charge on any atom is 0.252 e. The van der Waals surface area contributed by atoms with Gasteiger partial charge in [0.25, 0.3) is 5.56 Å². The van der Waals surface area contributed by atoms with E-state index in [0.29, 0.717) is 23.1 Å². The van der Waals surface area contributed by atoms with Gasteiger partial charge in [0.05, 0.1) is 11.9 Å². The molecular formula is C24H19ClN4O2. The molecule has 154 valence electrons. The summed E-state index contributed by atoms with van der Waals surface area (Å²) >= 11 is 6.20. The van der Waals surface area contributed by atoms with Crippen LogP contribution in [0.5, 0.6) is 5.75 Å². The first-order valence-corrected chi connectivity index (χ1v) is 9.98. The predicted octanol–water partition coefficient (Wildman–Crippen LogP) is 5.12. The monoisotopic (exact) mass is 430 g/mol. The zero-order chi connectivity index (χ0) is 21.5. The summed E-state index contributed by atoms with van der Waals surface area (Å²) in [5.74, 6) is 0.907. The van der Waals surface area contributed by atoms with Gasteiger partial charge in [-0.2, -0.15) is 5.10 Å². The van der Waals surface area contributed by atoms with Crippen molar-refractivity contribution < 1.29 is 4.74 Å². The summed E-state index contributed by atoms with van der Waals surface area (Å²) in [6, 6.07) is 26.0. The number of halogens is 1. The Morgan fingerprint density at radius 3 is 2.58 bits per heavy atom. The third kappa shape index (κ3) is 5.38. The molecule has 31 heavy (non-hydrogen) atoms. The van der Waals surface area contributed by atoms with Crippen LogP contribution in [-0.2, 0) is 6.61 Å². The molecule has 0 atom stereocenters. The van der Waals surface area contributed by atoms with Crippen molar-refractivity contribution in [3.63, 3.8) is 0 Å². The van der Waals surface area contributed by atoms with Gasteiger partial charge in [-0.3, -0.25) is 9.78 Å². The van der Waals surface area contributed by atoms with E-state index in [0.717, 1.165) is 16.7 Å². The quantitative estimate of drug-likeness (QED) is 0.315. The molecule has 2 N–H and O–H groups in total. The minimum absolute atomic E-state index is 0.247. The number of para-hydroxylation sites is 1. The number of aromatic nitrogens is 2. The van der Waals surface area contributed by atoms with Crippen molar-refractivity contribution in [1.82, 2.24) is 9.97 Å². The van der Waals surface area contributed by atoms with Gasteiger partial charge in [-0.25, -0.2) is 10.4 Å². The molecule has 0 saturated heterocycles. The third-order valence-corrected chi connectivity index (χ3v) is 4.81. The first kappa shape index (κ1) is 20.4. The fourth-order valence-electron chi connectivity index (χ4n) is 2.92. The van der Waals surface area contributed by atoms with Gasteiger partial charge in [0, 0.05) is 27.8 Å². The number of aromatic amines is 1. The average molecular weight is 431 g/mol. The molecular weight excluding hydrogens is 412 g/mol. The third-order valence-electron chi connectivity index (χ3n) is 4.45. The van der Waals surface area contributed by atoms with E-state index in [1.54, 1.807) is 6.21 Å². The largest absolute Gasteiger partial charge is 0.488 e. The van der Waals surface area contributed by atoms with Crippen molar-refractivity contribution in [2.75, 3.05) is 5.43 Å². The Morgan fingerprint density at radius 1 is 1.00 bits per heavy atom. The lowest BCUT2D eigenvalue weighted by atomic mass is 10.1. The number of rotatable bonds is 7. The molecule has 1 aromatic heterocycles. The van der Waals surface area contributed by atoms with Crippen LogP contribution in [0, 0.1) is 0 Å². The van der Waals surface area contributed by atoms with Crippen LogP contribution < -0.4 is 15.7 Å². The maximum absolute atomic E-state index is 12.0. The molecule has 0 aliphatic carbocycles. The molecule has 4 aromatic rings. The standard InChI is InChI=1S/C24H19ClN4O2/c25-20-12-6-4-11-19(20)16-31-22-13-7-5-10-18(22)15-26-29-24-27-21(14-23(30)28-24)17-8-2-1-3-9-17/h1-15H,16H2,(H2,27,28,29,30)/b26-15+. The van der Waals surface area contributed by atoms with Gasteiger partial charge in [-0.15, -0.1) is 0 Å². The SMILES string of the molecule is O=c1cc(-c2ccccc2)nc(N/N=C/c2ccccc2OCc2ccccc2Cl)[nH]1. The van der Waals surface area contributed by atoms with Crippen molar-refractivity contribution in [2.24, 2.45) is 5.10 Å². The average Bonchev–Trinajstić information content (AvgIpc) is 2.79. The van der Waals surface area contributed by atoms with E-state index in [1.807, 2.05) is 78.9 Å². The zero-order valence-corrected chi connectivity index (χ0v) is 17.2. The molecule has 0 amide bonds. The zero-order valence-electron chi connectivity index (χ0n) is 16.5. The first-order chi connectivity index (χ1) is 15.2. The maximum atomic E-state index is 12.0. The van der Waals surface area contributed by atoms with E-state index in [4.69, 9.17) is 16.3 Å². The Morgan fingerprint density at radius 2 is 1.74 bits per heavy atom. The highest BCUT2D eigenvalue weighted by Crippen LogP contribution is 2.21. The molecule has 0 radical (unpaired) electrons. The normalized spacial score (nSPS) is 10.9. The van der Waals surface area contributed by atoms with E-state index in [1.165, 1.54) is 6.07 Å². The topological polar surface area (TPSA) is 79.4 Å². The summed E-state index contributed by atoms with van der Waals surface area (Å²) in [5, 5.41) is 4.86. The van der Waals surface area contributed by atoms with E-state index < -0.39 is 0 Å². The molecule has 6 nitrogen and oxygen atoms in total. The lowest BCUT2D eigenvalue weighted by Gasteiger charge is -2.10. The first-order valence-electron chi connectivity index (χ1n) is 9.60. The fraction of sp³-hybridized carbons (Fsp3) is 0.0417. The molecule has 7 heteroatoms. The summed E-state index contributed by atoms with van der Waals surface area (Å²) in [7, 11) is 0. The van der Waals surface area contributed by atoms with Gasteiger partial charge >= 0.3 is 0 Å². The highest BCUT2D eigenvalue weighted by molar-refractivity contribution is 6.31. The lowest BCUT2D eigenvalue weighted by Crippen LogP contribution is -2.10. The minimum atomic E-state index is -0.268. The number of H-pyrrole nitrogens is 1. The molecule has 0 spiro atoms. The lowest BCUT2D eigenvalue weighted by molar-refractivity contribution is 0.306. The molecule has 3 aromatic carbocycles. The molecule has 0 fully saturated rings. The second kappa shape index (κ2) is 9.73. The Kier molecular flexibility index (Phi) is 6.40. The van der Waals surface area contributed by atoms with Crippen LogP contribution in [0.4, 0.5) is 5.95 Å². The van der Waals surface area contributed by atoms with Crippen molar-refractivity contribution >= 4 is 23.8 Å². The Hall–Kier alpha value is -3.90. The summed E-state index contributed by atoms with van der Waals surface area (Å²) in [6.07, 6.45) is 1.61. The van der Waals surface area contributed by atoms with Gasteiger partial charge < -0.3 is 4.74 Å². The van der Waals surface area contributed by atoms with Gasteiger partial charge in [-0.1, -0.05) is 72.3 Å². The number of benzene rings is 3. The molecule has 1 heterocycles. The Labute approximate surface area is 184 Å². The molecule has 0 saturated carbocycles. The number of nitrogens with zero attached hydrogens (tertiary/aromatic N) is 2. The smallest absolute Gasteiger partial charge is 0.252 e. The molecule has 0 aliphatic heterocycles. The minimum Gasteiger partial charge on any atom is -0.488 e. The van der Waals surface area contributed by atoms with Gasteiger partial charge in [0.15, 0.2) is 0 Å². The second-order valence-electron chi connectivity index (χ2n) is 6.63. The number of anilines is 1. The molecule has 4 rings (SSSR count). The van der Waals surface area contributed by atoms with Crippen LogP contribution >= 0.6 is 11.6 Å². The number of ether oxygens (including phenoxy) is 1. The summed E-state index contributed by atoms with van der Waals surface area (Å²) in [5.41, 5.74) is 5.58. The van der Waals surface area contributed by atoms with Crippen LogP contribution in [0.3, 0.4) is 0 Å². The van der Waals surface area contributed by atoms with Crippen molar-refractivity contribution in [3.8, 4) is 17.0 Å². The van der Waals surface area contributed by atoms with Gasteiger partial charge in [0.2, 0.25) is 5.95 Å². The van der Waals surface area contributed by atoms with Crippen LogP contribution in [0.1, 0.15) is 11.1 Å². The van der Waals surface area contributed by atoms with Crippen LogP contribution in [0.15, 0.2) is 94.8 Å². The van der Waals surface area contributed by atoms with E-state index in [2.05, 4.69) is 20.5 Å². The molecule has 0 bridgehead atoms. The summed E-state index contributed by atoms with van der Waals surface area (Å²) in [6.45, 7) is 0.339. The van der Waals surface area contributed by atoms with Crippen molar-refractivity contribution in [1.29, 1.82) is 0 Å². The van der Waals surface area contributed by atoms with Crippen molar-refractivity contribution in [2.45, 2.75) is 6.61 Å². The van der Waals surface area contributed by atoms with Gasteiger partial charge in [-0.05, 0) is 18.2 Å². The van der Waals surface area contributed by atoms with E-state index in [9.17, 15) is 4.79 Å². The second-order valence-corrected chi connectivity index (χ2v) is 7.04. The van der Waals surface area contributed by atoms with Crippen LogP contribution in [0.25, 0.3) is 11.3 Å². The van der Waals surface area contributed by atoms with Crippen molar-refractivity contribution in [3.05, 3.63) is 111 Å². The van der Waals surface area contributed by atoms with Crippen LogP contribution in [0.2, 0.25) is 5.02 Å². The number of hydrazone groups is 1.